The number of methoxy groups -OCH3 is 1. The molecule has 10 heteroatoms. The van der Waals surface area contributed by atoms with Crippen LogP contribution >= 0.6 is 11.6 Å². The lowest BCUT2D eigenvalue weighted by molar-refractivity contribution is -0.132. The number of amides is 1. The summed E-state index contributed by atoms with van der Waals surface area (Å²) in [4.78, 5) is 30.1. The van der Waals surface area contributed by atoms with Crippen LogP contribution in [0.25, 0.3) is 16.8 Å². The molecule has 4 aromatic rings. The summed E-state index contributed by atoms with van der Waals surface area (Å²) < 4.78 is 7.96. The molecule has 0 atom stereocenters. The first kappa shape index (κ1) is 22.9. The third kappa shape index (κ3) is 4.59. The molecule has 180 valence electrons. The molecule has 0 spiro atoms. The number of benzene rings is 2. The van der Waals surface area contributed by atoms with E-state index in [-0.39, 0.29) is 18.0 Å². The lowest BCUT2D eigenvalue weighted by atomic mass is 10.1. The molecule has 0 aliphatic carbocycles. The summed E-state index contributed by atoms with van der Waals surface area (Å²) in [6.45, 7) is 4.17. The minimum atomic E-state index is -0.353. The Balaban J connectivity index is 1.32. The quantitative estimate of drug-likeness (QED) is 0.426. The summed E-state index contributed by atoms with van der Waals surface area (Å²) in [5.74, 6) is 1.13. The molecule has 0 unspecified atom stereocenters. The standard InChI is InChI=1S/C25H25ClN6O3/c1-17-27-31(16-24(33)30-12-10-29(11-13-30)20-5-3-4-19(26)14-20)25(34)23-15-22(28-32(17)23)18-6-8-21(35-2)9-7-18/h3-9,14-15H,10-13,16H2,1-2H3. The van der Waals surface area contributed by atoms with E-state index in [1.54, 1.807) is 25.0 Å². The van der Waals surface area contributed by atoms with Gasteiger partial charge in [-0.15, -0.1) is 0 Å². The highest BCUT2D eigenvalue weighted by atomic mass is 35.5. The topological polar surface area (TPSA) is 85.0 Å². The Morgan fingerprint density at radius 2 is 1.77 bits per heavy atom. The van der Waals surface area contributed by atoms with Crippen LogP contribution in [-0.4, -0.2) is 63.5 Å². The fourth-order valence-electron chi connectivity index (χ4n) is 4.30. The predicted octanol–water partition coefficient (Wildman–Crippen LogP) is 2.88. The summed E-state index contributed by atoms with van der Waals surface area (Å²) in [5.41, 5.74) is 2.57. The molecule has 5 rings (SSSR count). The van der Waals surface area contributed by atoms with Crippen molar-refractivity contribution >= 4 is 28.7 Å². The van der Waals surface area contributed by atoms with Gasteiger partial charge in [0.15, 0.2) is 0 Å². The Labute approximate surface area is 207 Å². The van der Waals surface area contributed by atoms with E-state index in [0.29, 0.717) is 48.2 Å². The molecule has 35 heavy (non-hydrogen) atoms. The van der Waals surface area contributed by atoms with Crippen LogP contribution in [-0.2, 0) is 11.3 Å². The smallest absolute Gasteiger partial charge is 0.293 e. The van der Waals surface area contributed by atoms with Crippen molar-refractivity contribution in [2.45, 2.75) is 13.5 Å². The Morgan fingerprint density at radius 3 is 2.46 bits per heavy atom. The number of nitrogens with zero attached hydrogens (tertiary/aromatic N) is 6. The van der Waals surface area contributed by atoms with Crippen LogP contribution in [0, 0.1) is 6.92 Å². The third-order valence-electron chi connectivity index (χ3n) is 6.21. The number of carbonyl (C=O) groups is 1. The van der Waals surface area contributed by atoms with Crippen LogP contribution in [0.1, 0.15) is 5.82 Å². The molecule has 9 nitrogen and oxygen atoms in total. The molecule has 2 aromatic heterocycles. The van der Waals surface area contributed by atoms with Crippen LogP contribution in [0.4, 0.5) is 5.69 Å². The lowest BCUT2D eigenvalue weighted by Crippen LogP contribution is -2.50. The molecule has 0 saturated carbocycles. The molecule has 1 aliphatic rings. The van der Waals surface area contributed by atoms with Crippen molar-refractivity contribution < 1.29 is 9.53 Å². The van der Waals surface area contributed by atoms with Gasteiger partial charge in [0.1, 0.15) is 23.6 Å². The van der Waals surface area contributed by atoms with Crippen molar-refractivity contribution in [1.82, 2.24) is 24.3 Å². The molecule has 1 amide bonds. The highest BCUT2D eigenvalue weighted by Crippen LogP contribution is 2.23. The number of rotatable bonds is 5. The molecular weight excluding hydrogens is 468 g/mol. The van der Waals surface area contributed by atoms with Crippen LogP contribution in [0.15, 0.2) is 59.4 Å². The molecule has 2 aromatic carbocycles. The molecule has 0 N–H and O–H groups in total. The zero-order valence-corrected chi connectivity index (χ0v) is 20.3. The number of ether oxygens (including phenoxy) is 1. The van der Waals surface area contributed by atoms with E-state index in [9.17, 15) is 9.59 Å². The summed E-state index contributed by atoms with van der Waals surface area (Å²) >= 11 is 6.11. The van der Waals surface area contributed by atoms with E-state index < -0.39 is 0 Å². The van der Waals surface area contributed by atoms with Crippen molar-refractivity contribution in [2.24, 2.45) is 0 Å². The maximum Gasteiger partial charge on any atom is 0.293 e. The molecule has 0 radical (unpaired) electrons. The molecule has 1 saturated heterocycles. The lowest BCUT2D eigenvalue weighted by Gasteiger charge is -2.36. The van der Waals surface area contributed by atoms with E-state index in [1.807, 2.05) is 48.5 Å². The number of hydrogen-bond acceptors (Lipinski definition) is 6. The van der Waals surface area contributed by atoms with Crippen LogP contribution < -0.4 is 15.2 Å². The van der Waals surface area contributed by atoms with Gasteiger partial charge in [-0.1, -0.05) is 17.7 Å². The second-order valence-electron chi connectivity index (χ2n) is 8.41. The number of aryl methyl sites for hydroxylation is 1. The van der Waals surface area contributed by atoms with Gasteiger partial charge in [0.25, 0.3) is 5.56 Å². The maximum absolute atomic E-state index is 13.1. The van der Waals surface area contributed by atoms with Gasteiger partial charge in [0.05, 0.1) is 12.8 Å². The monoisotopic (exact) mass is 492 g/mol. The Kier molecular flexibility index (Phi) is 6.17. The van der Waals surface area contributed by atoms with Gasteiger partial charge in [-0.3, -0.25) is 9.59 Å². The average molecular weight is 493 g/mol. The molecule has 3 heterocycles. The largest absolute Gasteiger partial charge is 0.497 e. The normalized spacial score (nSPS) is 13.9. The van der Waals surface area contributed by atoms with Crippen molar-refractivity contribution in [1.29, 1.82) is 0 Å². The van der Waals surface area contributed by atoms with Gasteiger partial charge in [-0.2, -0.15) is 10.2 Å². The number of aromatic nitrogens is 4. The molecule has 0 bridgehead atoms. The number of anilines is 1. The first-order chi connectivity index (χ1) is 16.9. The number of carbonyl (C=O) groups excluding carboxylic acids is 1. The van der Waals surface area contributed by atoms with E-state index in [4.69, 9.17) is 16.3 Å². The Bertz CT molecular complexity index is 1440. The number of fused-ring (bicyclic) bond motifs is 1. The minimum Gasteiger partial charge on any atom is -0.497 e. The van der Waals surface area contributed by atoms with Crippen molar-refractivity contribution in [2.75, 3.05) is 38.2 Å². The zero-order chi connectivity index (χ0) is 24.5. The van der Waals surface area contributed by atoms with Crippen molar-refractivity contribution in [3.05, 3.63) is 75.8 Å². The second kappa shape index (κ2) is 9.42. The average Bonchev–Trinajstić information content (AvgIpc) is 3.34. The predicted molar refractivity (Wildman–Crippen MR) is 134 cm³/mol. The Morgan fingerprint density at radius 1 is 1.03 bits per heavy atom. The minimum absolute atomic E-state index is 0.115. The first-order valence-electron chi connectivity index (χ1n) is 11.3. The van der Waals surface area contributed by atoms with Gasteiger partial charge in [-0.25, -0.2) is 9.20 Å². The Hall–Kier alpha value is -3.85. The van der Waals surface area contributed by atoms with Gasteiger partial charge < -0.3 is 14.5 Å². The van der Waals surface area contributed by atoms with Gasteiger partial charge in [-0.05, 0) is 55.5 Å². The number of hydrogen-bond donors (Lipinski definition) is 0. The van der Waals surface area contributed by atoms with Gasteiger partial charge >= 0.3 is 0 Å². The SMILES string of the molecule is COc1ccc(-c2cc3c(=O)n(CC(=O)N4CCN(c5cccc(Cl)c5)CC4)nc(C)n3n2)cc1. The van der Waals surface area contributed by atoms with E-state index in [0.717, 1.165) is 17.0 Å². The van der Waals surface area contributed by atoms with Gasteiger partial charge in [0.2, 0.25) is 5.91 Å². The molecule has 1 aliphatic heterocycles. The van der Waals surface area contributed by atoms with Crippen LogP contribution in [0.3, 0.4) is 0 Å². The second-order valence-corrected chi connectivity index (χ2v) is 8.85. The molecular formula is C25H25ClN6O3. The van der Waals surface area contributed by atoms with E-state index in [2.05, 4.69) is 15.1 Å². The third-order valence-corrected chi connectivity index (χ3v) is 6.45. The summed E-state index contributed by atoms with van der Waals surface area (Å²) in [6.07, 6.45) is 0. The van der Waals surface area contributed by atoms with Gasteiger partial charge in [0, 0.05) is 42.5 Å². The van der Waals surface area contributed by atoms with Crippen LogP contribution in [0.2, 0.25) is 5.02 Å². The first-order valence-corrected chi connectivity index (χ1v) is 11.7. The van der Waals surface area contributed by atoms with Crippen molar-refractivity contribution in [3.8, 4) is 17.0 Å². The highest BCUT2D eigenvalue weighted by Gasteiger charge is 2.23. The fourth-order valence-corrected chi connectivity index (χ4v) is 4.48. The number of halogens is 1. The van der Waals surface area contributed by atoms with Crippen molar-refractivity contribution in [3.63, 3.8) is 0 Å². The molecule has 1 fully saturated rings. The summed E-state index contributed by atoms with van der Waals surface area (Å²) in [5, 5.41) is 9.58. The summed E-state index contributed by atoms with van der Waals surface area (Å²) in [7, 11) is 1.61. The van der Waals surface area contributed by atoms with E-state index >= 15 is 0 Å². The summed E-state index contributed by atoms with van der Waals surface area (Å²) in [6, 6.07) is 16.9. The zero-order valence-electron chi connectivity index (χ0n) is 19.5. The highest BCUT2D eigenvalue weighted by molar-refractivity contribution is 6.30. The number of piperazine rings is 1. The van der Waals surface area contributed by atoms with E-state index in [1.165, 1.54) is 9.20 Å². The van der Waals surface area contributed by atoms with Crippen LogP contribution in [0.5, 0.6) is 5.75 Å². The maximum atomic E-state index is 13.1. The fraction of sp³-hybridized carbons (Fsp3) is 0.280.